The molecule has 0 bridgehead atoms. The fraction of sp³-hybridized carbons (Fsp3) is 0.263. The summed E-state index contributed by atoms with van der Waals surface area (Å²) in [7, 11) is 0. The molecule has 22 heavy (non-hydrogen) atoms. The van der Waals surface area contributed by atoms with E-state index >= 15 is 0 Å². The van der Waals surface area contributed by atoms with Crippen LogP contribution in [0.1, 0.15) is 31.9 Å². The van der Waals surface area contributed by atoms with E-state index in [0.717, 1.165) is 33.6 Å². The molecule has 0 saturated heterocycles. The van der Waals surface area contributed by atoms with Crippen LogP contribution in [0.15, 0.2) is 43.2 Å². The predicted molar refractivity (Wildman–Crippen MR) is 92.6 cm³/mol. The number of nitrogens with one attached hydrogen (secondary N) is 1. The van der Waals surface area contributed by atoms with E-state index in [2.05, 4.69) is 62.4 Å². The van der Waals surface area contributed by atoms with E-state index in [-0.39, 0.29) is 5.41 Å². The van der Waals surface area contributed by atoms with Crippen LogP contribution in [0.5, 0.6) is 0 Å². The van der Waals surface area contributed by atoms with Crippen molar-refractivity contribution in [1.29, 1.82) is 0 Å². The number of aromatic nitrogens is 3. The second-order valence-corrected chi connectivity index (χ2v) is 6.75. The topological polar surface area (TPSA) is 41.6 Å². The number of H-pyrrole nitrogens is 1. The Bertz CT molecular complexity index is 850. The van der Waals surface area contributed by atoms with Gasteiger partial charge < -0.3 is 4.98 Å². The van der Waals surface area contributed by atoms with E-state index in [1.54, 1.807) is 0 Å². The highest BCUT2D eigenvalue weighted by Gasteiger charge is 2.20. The lowest BCUT2D eigenvalue weighted by Crippen LogP contribution is -2.07. The van der Waals surface area contributed by atoms with E-state index in [9.17, 15) is 0 Å². The molecule has 0 unspecified atom stereocenters. The van der Waals surface area contributed by atoms with E-state index in [0.29, 0.717) is 0 Å². The van der Waals surface area contributed by atoms with Crippen molar-refractivity contribution >= 4 is 16.7 Å². The van der Waals surface area contributed by atoms with Gasteiger partial charge in [-0.3, -0.25) is 0 Å². The Morgan fingerprint density at radius 1 is 1.23 bits per heavy atom. The van der Waals surface area contributed by atoms with Gasteiger partial charge in [-0.2, -0.15) is 0 Å². The molecule has 1 N–H and O–H groups in total. The summed E-state index contributed by atoms with van der Waals surface area (Å²) < 4.78 is 0. The molecule has 1 aromatic carbocycles. The Labute approximate surface area is 131 Å². The number of aromatic amines is 1. The standard InChI is InChI=1S/C19H21N3/c1-12-7-6-8-14(9-12)16-11-21-18-17(22-16)15(10-20-18)13(2)19(3,4)5/h6-11H,2H2,1,3-5H3,(H,20,21). The highest BCUT2D eigenvalue weighted by molar-refractivity contribution is 5.89. The van der Waals surface area contributed by atoms with Crippen molar-refractivity contribution in [2.75, 3.05) is 0 Å². The molecule has 2 heterocycles. The van der Waals surface area contributed by atoms with Crippen molar-refractivity contribution in [2.45, 2.75) is 27.7 Å². The van der Waals surface area contributed by atoms with Crippen molar-refractivity contribution in [2.24, 2.45) is 5.41 Å². The van der Waals surface area contributed by atoms with Crippen LogP contribution in [-0.2, 0) is 0 Å². The summed E-state index contributed by atoms with van der Waals surface area (Å²) in [5.74, 6) is 0. The van der Waals surface area contributed by atoms with Crippen molar-refractivity contribution in [1.82, 2.24) is 15.0 Å². The van der Waals surface area contributed by atoms with Crippen molar-refractivity contribution in [3.8, 4) is 11.3 Å². The summed E-state index contributed by atoms with van der Waals surface area (Å²) in [6.45, 7) is 12.8. The van der Waals surface area contributed by atoms with Gasteiger partial charge in [-0.15, -0.1) is 0 Å². The minimum atomic E-state index is -0.00383. The van der Waals surface area contributed by atoms with Gasteiger partial charge >= 0.3 is 0 Å². The number of rotatable bonds is 2. The van der Waals surface area contributed by atoms with Gasteiger partial charge in [0.15, 0.2) is 5.65 Å². The first-order valence-corrected chi connectivity index (χ1v) is 7.47. The zero-order chi connectivity index (χ0) is 15.9. The van der Waals surface area contributed by atoms with Crippen LogP contribution in [0.25, 0.3) is 28.0 Å². The second kappa shape index (κ2) is 5.09. The molecule has 0 saturated carbocycles. The molecule has 3 aromatic rings. The van der Waals surface area contributed by atoms with Gasteiger partial charge in [0.05, 0.1) is 11.9 Å². The molecule has 0 aliphatic rings. The normalized spacial score (nSPS) is 11.8. The van der Waals surface area contributed by atoms with Crippen LogP contribution in [0, 0.1) is 12.3 Å². The lowest BCUT2D eigenvalue weighted by atomic mass is 9.84. The first-order chi connectivity index (χ1) is 10.4. The number of hydrogen-bond acceptors (Lipinski definition) is 2. The third-order valence-corrected chi connectivity index (χ3v) is 3.93. The molecule has 3 nitrogen and oxygen atoms in total. The fourth-order valence-corrected chi connectivity index (χ4v) is 2.47. The van der Waals surface area contributed by atoms with Crippen molar-refractivity contribution in [3.63, 3.8) is 0 Å². The quantitative estimate of drug-likeness (QED) is 0.722. The average Bonchev–Trinajstić information content (AvgIpc) is 2.88. The van der Waals surface area contributed by atoms with Crippen LogP contribution < -0.4 is 0 Å². The monoisotopic (exact) mass is 291 g/mol. The van der Waals surface area contributed by atoms with Gasteiger partial charge in [0, 0.05) is 17.3 Å². The number of benzene rings is 1. The molecule has 0 fully saturated rings. The molecule has 0 aliphatic heterocycles. The molecule has 0 amide bonds. The highest BCUT2D eigenvalue weighted by atomic mass is 14.9. The summed E-state index contributed by atoms with van der Waals surface area (Å²) in [5, 5.41) is 0. The highest BCUT2D eigenvalue weighted by Crippen LogP contribution is 2.35. The van der Waals surface area contributed by atoms with Gasteiger partial charge in [0.2, 0.25) is 0 Å². The lowest BCUT2D eigenvalue weighted by molar-refractivity contribution is 0.568. The predicted octanol–water partition coefficient (Wildman–Crippen LogP) is 4.99. The molecule has 0 atom stereocenters. The fourth-order valence-electron chi connectivity index (χ4n) is 2.47. The van der Waals surface area contributed by atoms with Gasteiger partial charge in [-0.1, -0.05) is 51.1 Å². The first-order valence-electron chi connectivity index (χ1n) is 7.47. The Hall–Kier alpha value is -2.42. The van der Waals surface area contributed by atoms with E-state index in [1.807, 2.05) is 18.5 Å². The average molecular weight is 291 g/mol. The first kappa shape index (κ1) is 14.5. The SMILES string of the molecule is C=C(c1c[nH]c2ncc(-c3cccc(C)c3)nc12)C(C)(C)C. The Kier molecular flexibility index (Phi) is 3.36. The minimum Gasteiger partial charge on any atom is -0.344 e. The Morgan fingerprint density at radius 3 is 2.68 bits per heavy atom. The Balaban J connectivity index is 2.15. The maximum atomic E-state index is 4.83. The number of nitrogens with zero attached hydrogens (tertiary/aromatic N) is 2. The number of aryl methyl sites for hydroxylation is 1. The molecule has 112 valence electrons. The summed E-state index contributed by atoms with van der Waals surface area (Å²) in [5.41, 5.74) is 6.99. The summed E-state index contributed by atoms with van der Waals surface area (Å²) in [4.78, 5) is 12.5. The van der Waals surface area contributed by atoms with Gasteiger partial charge in [-0.05, 0) is 24.0 Å². The third kappa shape index (κ3) is 2.54. The molecule has 3 rings (SSSR count). The summed E-state index contributed by atoms with van der Waals surface area (Å²) in [6.07, 6.45) is 3.77. The molecule has 0 aliphatic carbocycles. The minimum absolute atomic E-state index is 0.00383. The van der Waals surface area contributed by atoms with Crippen LogP contribution in [0.2, 0.25) is 0 Å². The van der Waals surface area contributed by atoms with Gasteiger partial charge in [0.1, 0.15) is 5.52 Å². The molecule has 2 aromatic heterocycles. The zero-order valence-electron chi connectivity index (χ0n) is 13.6. The zero-order valence-corrected chi connectivity index (χ0v) is 13.6. The van der Waals surface area contributed by atoms with Crippen LogP contribution in [-0.4, -0.2) is 15.0 Å². The Morgan fingerprint density at radius 2 is 2.00 bits per heavy atom. The lowest BCUT2D eigenvalue weighted by Gasteiger charge is -2.21. The van der Waals surface area contributed by atoms with Crippen LogP contribution in [0.4, 0.5) is 0 Å². The molecule has 0 radical (unpaired) electrons. The number of allylic oxidation sites excluding steroid dienone is 1. The maximum Gasteiger partial charge on any atom is 0.156 e. The molecular weight excluding hydrogens is 270 g/mol. The van der Waals surface area contributed by atoms with Gasteiger partial charge in [0.25, 0.3) is 0 Å². The molecule has 3 heteroatoms. The summed E-state index contributed by atoms with van der Waals surface area (Å²) >= 11 is 0. The van der Waals surface area contributed by atoms with Crippen molar-refractivity contribution in [3.05, 3.63) is 54.4 Å². The smallest absolute Gasteiger partial charge is 0.156 e. The second-order valence-electron chi connectivity index (χ2n) is 6.75. The number of hydrogen-bond donors (Lipinski definition) is 1. The molecular formula is C19H21N3. The largest absolute Gasteiger partial charge is 0.344 e. The van der Waals surface area contributed by atoms with E-state index in [4.69, 9.17) is 4.98 Å². The molecule has 0 spiro atoms. The maximum absolute atomic E-state index is 4.83. The third-order valence-electron chi connectivity index (χ3n) is 3.93. The van der Waals surface area contributed by atoms with Crippen LogP contribution >= 0.6 is 0 Å². The van der Waals surface area contributed by atoms with E-state index < -0.39 is 0 Å². The van der Waals surface area contributed by atoms with Crippen LogP contribution in [0.3, 0.4) is 0 Å². The van der Waals surface area contributed by atoms with Crippen molar-refractivity contribution < 1.29 is 0 Å². The number of fused-ring (bicyclic) bond motifs is 1. The van der Waals surface area contributed by atoms with Gasteiger partial charge in [-0.25, -0.2) is 9.97 Å². The van der Waals surface area contributed by atoms with E-state index in [1.165, 1.54) is 5.56 Å². The summed E-state index contributed by atoms with van der Waals surface area (Å²) in [6, 6.07) is 8.32.